The molecule has 0 bridgehead atoms. The maximum Gasteiger partial charge on any atom is 0.235 e. The second-order valence-electron chi connectivity index (χ2n) is 8.45. The summed E-state index contributed by atoms with van der Waals surface area (Å²) in [5.74, 6) is 0.520. The molecule has 1 aliphatic heterocycles. The molecule has 1 atom stereocenters. The number of aromatic nitrogens is 1. The third kappa shape index (κ3) is 3.27. The van der Waals surface area contributed by atoms with Crippen LogP contribution in [0, 0.1) is 18.3 Å². The number of ether oxygens (including phenoxy) is 1. The van der Waals surface area contributed by atoms with Gasteiger partial charge in [0.25, 0.3) is 0 Å². The topological polar surface area (TPSA) is 63.5 Å². The highest BCUT2D eigenvalue weighted by molar-refractivity contribution is 6.05. The van der Waals surface area contributed by atoms with E-state index in [4.69, 9.17) is 4.74 Å². The Morgan fingerprint density at radius 3 is 2.70 bits per heavy atom. The van der Waals surface area contributed by atoms with Crippen molar-refractivity contribution in [2.24, 2.45) is 11.3 Å². The van der Waals surface area contributed by atoms with Gasteiger partial charge >= 0.3 is 0 Å². The Kier molecular flexibility index (Phi) is 4.99. The summed E-state index contributed by atoms with van der Waals surface area (Å²) >= 11 is 0. The van der Waals surface area contributed by atoms with E-state index >= 15 is 0 Å². The number of amides is 1. The fourth-order valence-corrected chi connectivity index (χ4v) is 4.84. The van der Waals surface area contributed by atoms with Crippen molar-refractivity contribution >= 4 is 22.5 Å². The molecular formula is C22H30N2O3. The van der Waals surface area contributed by atoms with E-state index in [-0.39, 0.29) is 11.3 Å². The molecule has 1 saturated carbocycles. The van der Waals surface area contributed by atoms with E-state index in [0.717, 1.165) is 35.0 Å². The smallest absolute Gasteiger partial charge is 0.235 e. The van der Waals surface area contributed by atoms with E-state index < -0.39 is 6.10 Å². The molecule has 5 nitrogen and oxygen atoms in total. The number of hydrogen-bond acceptors (Lipinski definition) is 3. The lowest BCUT2D eigenvalue weighted by atomic mass is 9.66. The van der Waals surface area contributed by atoms with Crippen LogP contribution in [0.25, 0.3) is 10.9 Å². The minimum Gasteiger partial charge on any atom is -0.392 e. The summed E-state index contributed by atoms with van der Waals surface area (Å²) in [5, 5.41) is 14.1. The third-order valence-corrected chi connectivity index (χ3v) is 6.38. The van der Waals surface area contributed by atoms with Crippen LogP contribution in [0.2, 0.25) is 0 Å². The number of carbonyl (C=O) groups is 1. The predicted octanol–water partition coefficient (Wildman–Crippen LogP) is 3.87. The van der Waals surface area contributed by atoms with E-state index in [0.29, 0.717) is 25.7 Å². The number of aliphatic hydroxyl groups is 1. The number of rotatable bonds is 5. The van der Waals surface area contributed by atoms with Gasteiger partial charge in [-0.05, 0) is 44.2 Å². The number of anilines is 1. The number of fused-ring (bicyclic) bond motifs is 1. The zero-order valence-electron chi connectivity index (χ0n) is 16.3. The average Bonchev–Trinajstić information content (AvgIpc) is 2.93. The Balaban J connectivity index is 1.65. The number of aliphatic hydroxyl groups excluding tert-OH is 1. The highest BCUT2D eigenvalue weighted by Gasteiger charge is 2.51. The van der Waals surface area contributed by atoms with Crippen molar-refractivity contribution < 1.29 is 14.6 Å². The minimum atomic E-state index is -0.446. The van der Waals surface area contributed by atoms with Crippen molar-refractivity contribution in [3.63, 3.8) is 0 Å². The number of nitrogens with zero attached hydrogens (tertiary/aromatic N) is 1. The van der Waals surface area contributed by atoms with Crippen molar-refractivity contribution in [3.05, 3.63) is 30.0 Å². The molecule has 1 aromatic heterocycles. The lowest BCUT2D eigenvalue weighted by Gasteiger charge is -2.47. The summed E-state index contributed by atoms with van der Waals surface area (Å²) in [6.45, 7) is 5.42. The molecule has 1 amide bonds. The lowest BCUT2D eigenvalue weighted by Crippen LogP contribution is -2.56. The van der Waals surface area contributed by atoms with Crippen LogP contribution in [-0.4, -0.2) is 34.9 Å². The maximum absolute atomic E-state index is 13.4. The molecule has 1 aliphatic carbocycles. The zero-order chi connectivity index (χ0) is 19.0. The average molecular weight is 370 g/mol. The van der Waals surface area contributed by atoms with Crippen LogP contribution >= 0.6 is 0 Å². The summed E-state index contributed by atoms with van der Waals surface area (Å²) < 4.78 is 7.56. The fraction of sp³-hybridized carbons (Fsp3) is 0.591. The van der Waals surface area contributed by atoms with Crippen molar-refractivity contribution in [2.45, 2.75) is 58.6 Å². The molecule has 2 aliphatic rings. The van der Waals surface area contributed by atoms with Crippen LogP contribution in [-0.2, 0) is 16.1 Å². The summed E-state index contributed by atoms with van der Waals surface area (Å²) in [4.78, 5) is 13.4. The fourth-order valence-electron chi connectivity index (χ4n) is 4.84. The van der Waals surface area contributed by atoms with Gasteiger partial charge in [0.15, 0.2) is 0 Å². The molecule has 1 saturated heterocycles. The molecule has 2 N–H and O–H groups in total. The van der Waals surface area contributed by atoms with Crippen molar-refractivity contribution in [2.75, 3.05) is 18.5 Å². The van der Waals surface area contributed by atoms with Gasteiger partial charge in [0.1, 0.15) is 0 Å². The number of aryl methyl sites for hydroxylation is 1. The molecule has 1 unspecified atom stereocenters. The van der Waals surface area contributed by atoms with Crippen LogP contribution in [0.4, 0.5) is 5.69 Å². The molecule has 27 heavy (non-hydrogen) atoms. The van der Waals surface area contributed by atoms with Crippen LogP contribution in [0.5, 0.6) is 0 Å². The maximum atomic E-state index is 13.4. The van der Waals surface area contributed by atoms with Crippen LogP contribution in [0.15, 0.2) is 24.4 Å². The van der Waals surface area contributed by atoms with Crippen LogP contribution in [0.3, 0.4) is 0 Å². The monoisotopic (exact) mass is 370 g/mol. The number of hydrogen-bond donors (Lipinski definition) is 2. The van der Waals surface area contributed by atoms with Gasteiger partial charge in [-0.15, -0.1) is 0 Å². The lowest BCUT2D eigenvalue weighted by molar-refractivity contribution is -0.172. The molecule has 2 aromatic rings. The first-order valence-electron chi connectivity index (χ1n) is 10.2. The van der Waals surface area contributed by atoms with Crippen LogP contribution in [0.1, 0.15) is 44.6 Å². The van der Waals surface area contributed by atoms with E-state index in [1.807, 2.05) is 22.9 Å². The van der Waals surface area contributed by atoms with Crippen LogP contribution < -0.4 is 5.32 Å². The molecule has 5 heteroatoms. The molecule has 2 fully saturated rings. The Labute approximate surface area is 160 Å². The van der Waals surface area contributed by atoms with E-state index in [9.17, 15) is 9.90 Å². The Bertz CT molecular complexity index is 829. The second kappa shape index (κ2) is 7.28. The number of nitrogens with one attached hydrogen (secondary N) is 1. The molecule has 4 rings (SSSR count). The highest BCUT2D eigenvalue weighted by atomic mass is 16.5. The number of carbonyl (C=O) groups excluding carboxylic acids is 1. The van der Waals surface area contributed by atoms with Crippen molar-refractivity contribution in [3.8, 4) is 0 Å². The first kappa shape index (κ1) is 18.5. The van der Waals surface area contributed by atoms with E-state index in [1.165, 1.54) is 19.3 Å². The minimum absolute atomic E-state index is 0.0972. The Morgan fingerprint density at radius 2 is 2.07 bits per heavy atom. The Morgan fingerprint density at radius 1 is 1.33 bits per heavy atom. The summed E-state index contributed by atoms with van der Waals surface area (Å²) in [5.41, 5.74) is 2.64. The summed E-state index contributed by atoms with van der Waals surface area (Å²) in [7, 11) is 0. The van der Waals surface area contributed by atoms with Crippen molar-refractivity contribution in [1.29, 1.82) is 0 Å². The molecule has 1 aromatic carbocycles. The van der Waals surface area contributed by atoms with Gasteiger partial charge in [-0.25, -0.2) is 0 Å². The van der Waals surface area contributed by atoms with E-state index in [1.54, 1.807) is 6.92 Å². The zero-order valence-corrected chi connectivity index (χ0v) is 16.3. The second-order valence-corrected chi connectivity index (χ2v) is 8.45. The van der Waals surface area contributed by atoms with Gasteiger partial charge in [0, 0.05) is 18.1 Å². The molecule has 0 radical (unpaired) electrons. The Hall–Kier alpha value is -1.85. The SMILES string of the molecule is Cc1cccc2c1c(NC(=O)C1(C3CCCCC3)COC1)cn2CC(C)O. The normalized spacial score (nSPS) is 21.0. The van der Waals surface area contributed by atoms with Gasteiger partial charge in [-0.3, -0.25) is 4.79 Å². The van der Waals surface area contributed by atoms with Gasteiger partial charge in [-0.1, -0.05) is 31.4 Å². The highest BCUT2D eigenvalue weighted by Crippen LogP contribution is 2.45. The van der Waals surface area contributed by atoms with E-state index in [2.05, 4.69) is 18.3 Å². The summed E-state index contributed by atoms with van der Waals surface area (Å²) in [6, 6.07) is 6.13. The molecule has 146 valence electrons. The first-order chi connectivity index (χ1) is 13.0. The summed E-state index contributed by atoms with van der Waals surface area (Å²) in [6.07, 6.45) is 7.48. The quantitative estimate of drug-likeness (QED) is 0.840. The third-order valence-electron chi connectivity index (χ3n) is 6.38. The molecular weight excluding hydrogens is 340 g/mol. The number of benzene rings is 1. The molecule has 0 spiro atoms. The first-order valence-corrected chi connectivity index (χ1v) is 10.2. The van der Waals surface area contributed by atoms with Gasteiger partial charge in [0.05, 0.1) is 35.9 Å². The van der Waals surface area contributed by atoms with Gasteiger partial charge in [0.2, 0.25) is 5.91 Å². The predicted molar refractivity (Wildman–Crippen MR) is 107 cm³/mol. The largest absolute Gasteiger partial charge is 0.392 e. The van der Waals surface area contributed by atoms with Gasteiger partial charge < -0.3 is 19.7 Å². The standard InChI is InChI=1S/C22H30N2O3/c1-15-7-6-10-19-20(15)18(12-24(19)11-16(2)25)23-21(26)22(13-27-14-22)17-8-4-3-5-9-17/h6-7,10,12,16-17,25H,3-5,8-9,11,13-14H2,1-2H3,(H,23,26). The van der Waals surface area contributed by atoms with Gasteiger partial charge in [-0.2, -0.15) is 0 Å². The van der Waals surface area contributed by atoms with Crippen molar-refractivity contribution in [1.82, 2.24) is 4.57 Å². The molecule has 2 heterocycles.